The molecule has 2 heterocycles. The summed E-state index contributed by atoms with van der Waals surface area (Å²) in [7, 11) is 0. The second kappa shape index (κ2) is 15.3. The van der Waals surface area contributed by atoms with Crippen molar-refractivity contribution in [3.8, 4) is 22.5 Å². The number of hydrogen-bond donors (Lipinski definition) is 2. The van der Waals surface area contributed by atoms with Crippen LogP contribution >= 0.6 is 0 Å². The van der Waals surface area contributed by atoms with Crippen LogP contribution in [0.5, 0.6) is 0 Å². The number of aromatic amines is 2. The van der Waals surface area contributed by atoms with E-state index in [-0.39, 0.29) is 0 Å². The topological polar surface area (TPSA) is 31.6 Å². The van der Waals surface area contributed by atoms with Gasteiger partial charge in [-0.15, -0.1) is 0 Å². The van der Waals surface area contributed by atoms with Gasteiger partial charge in [-0.3, -0.25) is 0 Å². The zero-order valence-electron chi connectivity index (χ0n) is 29.1. The van der Waals surface area contributed by atoms with Crippen molar-refractivity contribution in [1.29, 1.82) is 0 Å². The smallest absolute Gasteiger partial charge is 0.0465 e. The van der Waals surface area contributed by atoms with E-state index in [0.29, 0.717) is 0 Å². The molecule has 0 saturated heterocycles. The number of aromatic nitrogens is 2. The predicted molar refractivity (Wildman–Crippen MR) is 210 cm³/mol. The van der Waals surface area contributed by atoms with Gasteiger partial charge in [0.05, 0.1) is 0 Å². The third kappa shape index (κ3) is 7.09. The summed E-state index contributed by atoms with van der Waals surface area (Å²) in [4.78, 5) is 7.43. The molecule has 0 radical (unpaired) electrons. The van der Waals surface area contributed by atoms with Crippen LogP contribution in [-0.4, -0.2) is 9.97 Å². The standard InChI is InChI=1S/C46H52N2/c1-3-5-7-9-11-13-15-33-17-21-35(22-18-33)45-31-41-39-25-26-40-38(37(39)27-29-43(41)47-45)28-30-44-42(40)32-46(48-44)36-23-19-34(20-24-36)16-14-12-10-8-6-4-2/h17-32,47-48H,3-16H2,1-2H3. The zero-order valence-corrected chi connectivity index (χ0v) is 29.1. The molecule has 0 spiro atoms. The van der Waals surface area contributed by atoms with E-state index in [1.54, 1.807) is 0 Å². The van der Waals surface area contributed by atoms with Gasteiger partial charge in [0.2, 0.25) is 0 Å². The summed E-state index contributed by atoms with van der Waals surface area (Å²) < 4.78 is 0. The molecule has 246 valence electrons. The maximum absolute atomic E-state index is 3.71. The average molecular weight is 633 g/mol. The van der Waals surface area contributed by atoms with E-state index in [4.69, 9.17) is 0 Å². The molecule has 0 atom stereocenters. The fourth-order valence-corrected chi connectivity index (χ4v) is 7.68. The van der Waals surface area contributed by atoms with Crippen LogP contribution < -0.4 is 0 Å². The highest BCUT2D eigenvalue weighted by atomic mass is 14.7. The van der Waals surface area contributed by atoms with E-state index in [1.165, 1.54) is 167 Å². The lowest BCUT2D eigenvalue weighted by molar-refractivity contribution is 0.607. The molecule has 0 aliphatic heterocycles. The number of fused-ring (bicyclic) bond motifs is 7. The SMILES string of the molecule is CCCCCCCCc1ccc(-c2cc3c(ccc4c3ccc3c5cc(-c6ccc(CCCCCCCC)cc6)[nH]c5ccc34)[nH]2)cc1. The molecule has 7 rings (SSSR count). The minimum atomic E-state index is 1.18. The van der Waals surface area contributed by atoms with Gasteiger partial charge in [-0.25, -0.2) is 0 Å². The van der Waals surface area contributed by atoms with E-state index >= 15 is 0 Å². The molecule has 48 heavy (non-hydrogen) atoms. The Morgan fingerprint density at radius 1 is 0.354 bits per heavy atom. The fraction of sp³-hybridized carbons (Fsp3) is 0.348. The van der Waals surface area contributed by atoms with Crippen LogP contribution in [0.25, 0.3) is 65.9 Å². The van der Waals surface area contributed by atoms with Crippen LogP contribution in [0, 0.1) is 0 Å². The number of unbranched alkanes of at least 4 members (excludes halogenated alkanes) is 10. The van der Waals surface area contributed by atoms with Crippen molar-refractivity contribution in [3.63, 3.8) is 0 Å². The molecule has 0 bridgehead atoms. The first-order valence-electron chi connectivity index (χ1n) is 18.9. The number of nitrogens with one attached hydrogen (secondary N) is 2. The lowest BCUT2D eigenvalue weighted by Gasteiger charge is -2.06. The Hall–Kier alpha value is -4.30. The van der Waals surface area contributed by atoms with Crippen LogP contribution in [0.15, 0.2) is 97.1 Å². The minimum Gasteiger partial charge on any atom is -0.355 e. The van der Waals surface area contributed by atoms with Gasteiger partial charge in [-0.05, 0) is 93.7 Å². The van der Waals surface area contributed by atoms with Crippen molar-refractivity contribution >= 4 is 43.4 Å². The Kier molecular flexibility index (Phi) is 10.3. The predicted octanol–water partition coefficient (Wildman–Crippen LogP) is 14.1. The van der Waals surface area contributed by atoms with Gasteiger partial charge in [0.25, 0.3) is 0 Å². The fourth-order valence-electron chi connectivity index (χ4n) is 7.68. The molecule has 2 nitrogen and oxygen atoms in total. The largest absolute Gasteiger partial charge is 0.355 e. The lowest BCUT2D eigenvalue weighted by Crippen LogP contribution is -1.87. The Balaban J connectivity index is 1.09. The molecule has 2 N–H and O–H groups in total. The number of hydrogen-bond acceptors (Lipinski definition) is 0. The van der Waals surface area contributed by atoms with Crippen LogP contribution in [0.1, 0.15) is 102 Å². The zero-order chi connectivity index (χ0) is 32.7. The summed E-state index contributed by atoms with van der Waals surface area (Å²) in [5.74, 6) is 0. The van der Waals surface area contributed by atoms with Gasteiger partial charge < -0.3 is 9.97 Å². The van der Waals surface area contributed by atoms with Crippen molar-refractivity contribution in [1.82, 2.24) is 9.97 Å². The normalized spacial score (nSPS) is 11.9. The molecular weight excluding hydrogens is 581 g/mol. The number of rotatable bonds is 16. The molecule has 0 aliphatic carbocycles. The number of benzene rings is 5. The third-order valence-corrected chi connectivity index (χ3v) is 10.6. The van der Waals surface area contributed by atoms with Gasteiger partial charge in [0, 0.05) is 33.2 Å². The molecule has 0 unspecified atom stereocenters. The number of H-pyrrole nitrogens is 2. The van der Waals surface area contributed by atoms with Crippen LogP contribution in [0.2, 0.25) is 0 Å². The van der Waals surface area contributed by atoms with E-state index in [0.717, 1.165) is 0 Å². The van der Waals surface area contributed by atoms with Crippen LogP contribution in [-0.2, 0) is 12.8 Å². The van der Waals surface area contributed by atoms with E-state index in [2.05, 4.69) is 121 Å². The molecular formula is C46H52N2. The second-order valence-electron chi connectivity index (χ2n) is 14.1. The van der Waals surface area contributed by atoms with E-state index in [9.17, 15) is 0 Å². The summed E-state index contributed by atoms with van der Waals surface area (Å²) in [6.07, 6.45) is 18.5. The number of aryl methyl sites for hydroxylation is 2. The van der Waals surface area contributed by atoms with E-state index in [1.807, 2.05) is 0 Å². The van der Waals surface area contributed by atoms with Crippen molar-refractivity contribution < 1.29 is 0 Å². The summed E-state index contributed by atoms with van der Waals surface area (Å²) in [5.41, 5.74) is 10.2. The molecule has 0 fully saturated rings. The van der Waals surface area contributed by atoms with Gasteiger partial charge in [-0.1, -0.05) is 151 Å². The van der Waals surface area contributed by atoms with Crippen molar-refractivity contribution in [2.75, 3.05) is 0 Å². The quantitative estimate of drug-likeness (QED) is 0.0785. The Bertz CT molecular complexity index is 1940. The van der Waals surface area contributed by atoms with Gasteiger partial charge in [0.1, 0.15) is 0 Å². The second-order valence-corrected chi connectivity index (χ2v) is 14.1. The monoisotopic (exact) mass is 632 g/mol. The Morgan fingerprint density at radius 3 is 1.12 bits per heavy atom. The van der Waals surface area contributed by atoms with Gasteiger partial charge >= 0.3 is 0 Å². The highest BCUT2D eigenvalue weighted by Gasteiger charge is 2.12. The molecule has 0 saturated carbocycles. The maximum atomic E-state index is 3.71. The highest BCUT2D eigenvalue weighted by molar-refractivity contribution is 6.22. The first kappa shape index (κ1) is 32.3. The lowest BCUT2D eigenvalue weighted by atomic mass is 9.97. The summed E-state index contributed by atoms with van der Waals surface area (Å²) in [6, 6.07) is 36.9. The van der Waals surface area contributed by atoms with Crippen molar-refractivity contribution in [3.05, 3.63) is 108 Å². The summed E-state index contributed by atoms with van der Waals surface area (Å²) >= 11 is 0. The van der Waals surface area contributed by atoms with Crippen molar-refractivity contribution in [2.45, 2.75) is 104 Å². The molecule has 5 aromatic carbocycles. The Labute approximate surface area is 287 Å². The summed E-state index contributed by atoms with van der Waals surface area (Å²) in [6.45, 7) is 4.57. The molecule has 2 heteroatoms. The molecule has 0 aliphatic rings. The Morgan fingerprint density at radius 2 is 0.708 bits per heavy atom. The van der Waals surface area contributed by atoms with Gasteiger partial charge in [0.15, 0.2) is 0 Å². The third-order valence-electron chi connectivity index (χ3n) is 10.6. The highest BCUT2D eigenvalue weighted by Crippen LogP contribution is 2.37. The van der Waals surface area contributed by atoms with Crippen LogP contribution in [0.4, 0.5) is 0 Å². The first-order chi connectivity index (χ1) is 23.7. The summed E-state index contributed by atoms with van der Waals surface area (Å²) in [5, 5.41) is 7.80. The maximum Gasteiger partial charge on any atom is 0.0465 e. The average Bonchev–Trinajstić information content (AvgIpc) is 3.77. The first-order valence-corrected chi connectivity index (χ1v) is 18.9. The van der Waals surface area contributed by atoms with Gasteiger partial charge in [-0.2, -0.15) is 0 Å². The van der Waals surface area contributed by atoms with Crippen LogP contribution in [0.3, 0.4) is 0 Å². The van der Waals surface area contributed by atoms with E-state index < -0.39 is 0 Å². The molecule has 0 amide bonds. The van der Waals surface area contributed by atoms with Crippen molar-refractivity contribution in [2.24, 2.45) is 0 Å². The molecule has 2 aromatic heterocycles. The minimum absolute atomic E-state index is 1.18. The molecule has 7 aromatic rings.